The van der Waals surface area contributed by atoms with E-state index in [4.69, 9.17) is 9.84 Å². The molecule has 0 spiro atoms. The first-order valence-electron chi connectivity index (χ1n) is 9.56. The Morgan fingerprint density at radius 3 is 2.69 bits per heavy atom. The van der Waals surface area contributed by atoms with Crippen molar-refractivity contribution < 1.29 is 9.53 Å². The monoisotopic (exact) mass is 412 g/mol. The minimum absolute atomic E-state index is 0. The number of carbonyl (C=O) groups is 1. The number of para-hydroxylation sites is 2. The third kappa shape index (κ3) is 4.60. The summed E-state index contributed by atoms with van der Waals surface area (Å²) in [6, 6.07) is 17.7. The molecule has 4 rings (SSSR count). The molecule has 6 nitrogen and oxygen atoms in total. The van der Waals surface area contributed by atoms with Gasteiger partial charge in [0.2, 0.25) is 0 Å². The Bertz CT molecular complexity index is 952. The summed E-state index contributed by atoms with van der Waals surface area (Å²) >= 11 is 0. The van der Waals surface area contributed by atoms with Gasteiger partial charge >= 0.3 is 0 Å². The van der Waals surface area contributed by atoms with Gasteiger partial charge in [-0.3, -0.25) is 4.79 Å². The van der Waals surface area contributed by atoms with E-state index in [1.165, 1.54) is 0 Å². The Morgan fingerprint density at radius 1 is 1.21 bits per heavy atom. The lowest BCUT2D eigenvalue weighted by Gasteiger charge is -2.12. The number of nitrogens with zero attached hydrogens (tertiary/aromatic N) is 2. The number of methoxy groups -OCH3 is 1. The second-order valence-corrected chi connectivity index (χ2v) is 6.88. The van der Waals surface area contributed by atoms with E-state index >= 15 is 0 Å². The first-order valence-corrected chi connectivity index (χ1v) is 9.56. The van der Waals surface area contributed by atoms with Crippen molar-refractivity contribution in [3.05, 3.63) is 66.4 Å². The molecule has 7 heteroatoms. The van der Waals surface area contributed by atoms with E-state index < -0.39 is 0 Å². The predicted molar refractivity (Wildman–Crippen MR) is 116 cm³/mol. The number of carbonyl (C=O) groups excluding carboxylic acids is 1. The molecule has 3 aromatic rings. The molecule has 0 radical (unpaired) electrons. The van der Waals surface area contributed by atoms with Crippen molar-refractivity contribution in [2.45, 2.75) is 18.9 Å². The zero-order valence-electron chi connectivity index (χ0n) is 16.3. The molecule has 0 bridgehead atoms. The zero-order valence-corrected chi connectivity index (χ0v) is 17.1. The summed E-state index contributed by atoms with van der Waals surface area (Å²) in [6.45, 7) is 1.62. The number of benzene rings is 2. The fourth-order valence-corrected chi connectivity index (χ4v) is 3.53. The second-order valence-electron chi connectivity index (χ2n) is 6.88. The third-order valence-electron chi connectivity index (χ3n) is 5.01. The van der Waals surface area contributed by atoms with E-state index in [0.717, 1.165) is 30.6 Å². The largest absolute Gasteiger partial charge is 0.496 e. The van der Waals surface area contributed by atoms with Gasteiger partial charge in [-0.2, -0.15) is 5.10 Å². The average molecular weight is 413 g/mol. The minimum atomic E-state index is -0.128. The molecule has 2 N–H and O–H groups in total. The number of rotatable bonds is 6. The van der Waals surface area contributed by atoms with E-state index in [1.54, 1.807) is 18.0 Å². The average Bonchev–Trinajstić information content (AvgIpc) is 3.43. The van der Waals surface area contributed by atoms with Gasteiger partial charge in [0.1, 0.15) is 11.4 Å². The highest BCUT2D eigenvalue weighted by molar-refractivity contribution is 6.00. The molecule has 1 atom stereocenters. The van der Waals surface area contributed by atoms with Gasteiger partial charge in [0.05, 0.1) is 18.4 Å². The normalized spacial score (nSPS) is 15.6. The molecule has 29 heavy (non-hydrogen) atoms. The lowest BCUT2D eigenvalue weighted by molar-refractivity contribution is 0.0951. The molecular formula is C22H25ClN4O2. The number of amides is 1. The number of aromatic nitrogens is 2. The number of halogens is 1. The summed E-state index contributed by atoms with van der Waals surface area (Å²) in [7, 11) is 1.62. The predicted octanol–water partition coefficient (Wildman–Crippen LogP) is 3.45. The van der Waals surface area contributed by atoms with Crippen LogP contribution in [0.3, 0.4) is 0 Å². The van der Waals surface area contributed by atoms with Gasteiger partial charge in [0.15, 0.2) is 0 Å². The van der Waals surface area contributed by atoms with Crippen molar-refractivity contribution in [3.63, 3.8) is 0 Å². The molecule has 1 aromatic heterocycles. The Labute approximate surface area is 176 Å². The summed E-state index contributed by atoms with van der Waals surface area (Å²) in [5, 5.41) is 11.2. The highest BCUT2D eigenvalue weighted by Crippen LogP contribution is 2.31. The van der Waals surface area contributed by atoms with Gasteiger partial charge in [0.25, 0.3) is 5.91 Å². The molecule has 1 unspecified atom stereocenters. The molecule has 1 amide bonds. The summed E-state index contributed by atoms with van der Waals surface area (Å²) in [6.07, 6.45) is 4.02. The van der Waals surface area contributed by atoms with Crippen LogP contribution < -0.4 is 15.4 Å². The Morgan fingerprint density at radius 2 is 1.97 bits per heavy atom. The van der Waals surface area contributed by atoms with Crippen LogP contribution in [0.5, 0.6) is 5.75 Å². The van der Waals surface area contributed by atoms with E-state index in [-0.39, 0.29) is 18.3 Å². The molecular weight excluding hydrogens is 388 g/mol. The zero-order chi connectivity index (χ0) is 19.3. The minimum Gasteiger partial charge on any atom is -0.496 e. The summed E-state index contributed by atoms with van der Waals surface area (Å²) in [5.41, 5.74) is 2.84. The van der Waals surface area contributed by atoms with Crippen molar-refractivity contribution in [1.82, 2.24) is 20.4 Å². The first-order chi connectivity index (χ1) is 13.8. The molecule has 1 aliphatic rings. The highest BCUT2D eigenvalue weighted by atomic mass is 35.5. The van der Waals surface area contributed by atoms with Crippen LogP contribution in [-0.4, -0.2) is 41.9 Å². The molecule has 1 saturated heterocycles. The van der Waals surface area contributed by atoms with E-state index in [0.29, 0.717) is 29.6 Å². The molecule has 2 aromatic carbocycles. The van der Waals surface area contributed by atoms with Crippen LogP contribution in [0, 0.1) is 0 Å². The van der Waals surface area contributed by atoms with Crippen LogP contribution >= 0.6 is 12.4 Å². The lowest BCUT2D eigenvalue weighted by atomic mass is 10.1. The van der Waals surface area contributed by atoms with Gasteiger partial charge in [-0.1, -0.05) is 30.3 Å². The van der Waals surface area contributed by atoms with Crippen LogP contribution in [0.2, 0.25) is 0 Å². The summed E-state index contributed by atoms with van der Waals surface area (Å²) < 4.78 is 7.24. The van der Waals surface area contributed by atoms with Gasteiger partial charge < -0.3 is 15.4 Å². The quantitative estimate of drug-likeness (QED) is 0.650. The number of hydrogen-bond acceptors (Lipinski definition) is 4. The van der Waals surface area contributed by atoms with Crippen LogP contribution in [0.25, 0.3) is 16.9 Å². The standard InChI is InChI=1S/C22H24N4O2.ClH/c1-28-20-12-6-5-11-18(20)21-19(22(27)24-14-16-8-7-13-23-16)15-26(25-21)17-9-3-2-4-10-17;/h2-6,9-12,15-16,23H,7-8,13-14H2,1H3,(H,24,27);1H. The lowest BCUT2D eigenvalue weighted by Crippen LogP contribution is -2.37. The van der Waals surface area contributed by atoms with E-state index in [1.807, 2.05) is 54.6 Å². The third-order valence-corrected chi connectivity index (χ3v) is 5.01. The summed E-state index contributed by atoms with van der Waals surface area (Å²) in [5.74, 6) is 0.559. The maximum Gasteiger partial charge on any atom is 0.255 e. The maximum absolute atomic E-state index is 13.0. The second kappa shape index (κ2) is 9.58. The van der Waals surface area contributed by atoms with Gasteiger partial charge in [0, 0.05) is 24.3 Å². The molecule has 0 saturated carbocycles. The molecule has 2 heterocycles. The molecule has 1 aliphatic heterocycles. The van der Waals surface area contributed by atoms with E-state index in [2.05, 4.69) is 10.6 Å². The Balaban J connectivity index is 0.00000240. The highest BCUT2D eigenvalue weighted by Gasteiger charge is 2.22. The smallest absolute Gasteiger partial charge is 0.255 e. The fraction of sp³-hybridized carbons (Fsp3) is 0.273. The SMILES string of the molecule is COc1ccccc1-c1nn(-c2ccccc2)cc1C(=O)NCC1CCCN1.Cl. The number of ether oxygens (including phenoxy) is 1. The van der Waals surface area contributed by atoms with Crippen molar-refractivity contribution in [2.75, 3.05) is 20.2 Å². The topological polar surface area (TPSA) is 68.2 Å². The van der Waals surface area contributed by atoms with Gasteiger partial charge in [-0.15, -0.1) is 12.4 Å². The van der Waals surface area contributed by atoms with Crippen LogP contribution in [0.4, 0.5) is 0 Å². The molecule has 152 valence electrons. The van der Waals surface area contributed by atoms with Gasteiger partial charge in [-0.25, -0.2) is 4.68 Å². The van der Waals surface area contributed by atoms with E-state index in [9.17, 15) is 4.79 Å². The van der Waals surface area contributed by atoms with Gasteiger partial charge in [-0.05, 0) is 43.7 Å². The Hall–Kier alpha value is -2.83. The fourth-order valence-electron chi connectivity index (χ4n) is 3.53. The van der Waals surface area contributed by atoms with Crippen LogP contribution in [0.15, 0.2) is 60.8 Å². The molecule has 0 aliphatic carbocycles. The Kier molecular flexibility index (Phi) is 6.90. The number of hydrogen-bond donors (Lipinski definition) is 2. The van der Waals surface area contributed by atoms with Crippen molar-refractivity contribution in [1.29, 1.82) is 0 Å². The first kappa shape index (κ1) is 20.9. The van der Waals surface area contributed by atoms with Crippen molar-refractivity contribution >= 4 is 18.3 Å². The van der Waals surface area contributed by atoms with Crippen LogP contribution in [0.1, 0.15) is 23.2 Å². The van der Waals surface area contributed by atoms with Crippen molar-refractivity contribution in [3.8, 4) is 22.7 Å². The summed E-state index contributed by atoms with van der Waals surface area (Å²) in [4.78, 5) is 13.0. The molecule has 1 fully saturated rings. The van der Waals surface area contributed by atoms with Crippen molar-refractivity contribution in [2.24, 2.45) is 0 Å². The number of nitrogens with one attached hydrogen (secondary N) is 2. The van der Waals surface area contributed by atoms with Crippen LogP contribution in [-0.2, 0) is 0 Å². The maximum atomic E-state index is 13.0.